The summed E-state index contributed by atoms with van der Waals surface area (Å²) in [6, 6.07) is 4.88. The number of hydrogen-bond donors (Lipinski definition) is 0. The lowest BCUT2D eigenvalue weighted by atomic mass is 10.2. The van der Waals surface area contributed by atoms with Crippen molar-refractivity contribution >= 4 is 23.5 Å². The van der Waals surface area contributed by atoms with E-state index in [1.54, 1.807) is 19.1 Å². The van der Waals surface area contributed by atoms with Crippen LogP contribution in [0.3, 0.4) is 0 Å². The largest absolute Gasteiger partial charge is 0.240 e. The first-order valence-corrected chi connectivity index (χ1v) is 5.27. The summed E-state index contributed by atoms with van der Waals surface area (Å²) in [6.07, 6.45) is 2.84. The Kier molecular flexibility index (Phi) is 7.20. The third-order valence-electron chi connectivity index (χ3n) is 1.53. The van der Waals surface area contributed by atoms with Crippen molar-refractivity contribution in [1.29, 1.82) is 0 Å². The first-order chi connectivity index (χ1) is 8.01. The maximum absolute atomic E-state index is 10.00. The van der Waals surface area contributed by atoms with Crippen molar-refractivity contribution in [2.45, 2.75) is 27.7 Å². The van der Waals surface area contributed by atoms with Crippen molar-refractivity contribution in [3.63, 3.8) is 0 Å². The summed E-state index contributed by atoms with van der Waals surface area (Å²) >= 11 is 0. The van der Waals surface area contributed by atoms with Crippen LogP contribution in [0.25, 0.3) is 0 Å². The van der Waals surface area contributed by atoms with Gasteiger partial charge in [-0.05, 0) is 30.5 Å². The fourth-order valence-electron chi connectivity index (χ4n) is 0.890. The van der Waals surface area contributed by atoms with Crippen molar-refractivity contribution in [3.05, 3.63) is 23.8 Å². The second kappa shape index (κ2) is 8.17. The number of aliphatic imine (C=N–C) groups is 2. The summed E-state index contributed by atoms with van der Waals surface area (Å²) in [6.45, 7) is 8.30. The number of carbonyl (C=O) groups excluding carboxylic acids is 2. The van der Waals surface area contributed by atoms with Gasteiger partial charge in [0, 0.05) is 0 Å². The van der Waals surface area contributed by atoms with Gasteiger partial charge in [-0.1, -0.05) is 26.8 Å². The van der Waals surface area contributed by atoms with Crippen LogP contribution in [-0.2, 0) is 9.59 Å². The third-order valence-corrected chi connectivity index (χ3v) is 1.53. The van der Waals surface area contributed by atoms with Gasteiger partial charge in [0.1, 0.15) is 0 Å². The first kappa shape index (κ1) is 15.0. The van der Waals surface area contributed by atoms with E-state index in [0.29, 0.717) is 11.4 Å². The van der Waals surface area contributed by atoms with Gasteiger partial charge in [0.2, 0.25) is 12.2 Å². The monoisotopic (exact) mass is 232 g/mol. The van der Waals surface area contributed by atoms with Crippen LogP contribution < -0.4 is 0 Å². The lowest BCUT2D eigenvalue weighted by Crippen LogP contribution is -1.73. The second-order valence-electron chi connectivity index (χ2n) is 4.11. The molecule has 0 aliphatic rings. The number of aryl methyl sites for hydroxylation is 1. The van der Waals surface area contributed by atoms with Crippen LogP contribution in [0.4, 0.5) is 11.4 Å². The van der Waals surface area contributed by atoms with E-state index in [1.807, 2.05) is 0 Å². The van der Waals surface area contributed by atoms with Gasteiger partial charge in [-0.15, -0.1) is 0 Å². The number of isocyanates is 2. The number of nitrogens with zero attached hydrogens (tertiary/aromatic N) is 2. The van der Waals surface area contributed by atoms with E-state index >= 15 is 0 Å². The molecule has 90 valence electrons. The molecular formula is C13H16N2O2. The van der Waals surface area contributed by atoms with Crippen molar-refractivity contribution in [2.24, 2.45) is 15.9 Å². The molecular weight excluding hydrogens is 216 g/mol. The van der Waals surface area contributed by atoms with Gasteiger partial charge in [-0.2, -0.15) is 9.98 Å². The molecule has 0 saturated heterocycles. The highest BCUT2D eigenvalue weighted by Gasteiger charge is 1.97. The lowest BCUT2D eigenvalue weighted by molar-refractivity contribution is 0.565. The summed E-state index contributed by atoms with van der Waals surface area (Å²) in [5.41, 5.74) is 1.72. The van der Waals surface area contributed by atoms with Crippen LogP contribution >= 0.6 is 0 Å². The Morgan fingerprint density at radius 2 is 1.59 bits per heavy atom. The van der Waals surface area contributed by atoms with Crippen molar-refractivity contribution in [2.75, 3.05) is 0 Å². The normalized spacial score (nSPS) is 8.53. The average Bonchev–Trinajstić information content (AvgIpc) is 2.23. The molecule has 17 heavy (non-hydrogen) atoms. The lowest BCUT2D eigenvalue weighted by Gasteiger charge is -1.97. The third kappa shape index (κ3) is 6.96. The number of rotatable bonds is 2. The number of hydrogen-bond acceptors (Lipinski definition) is 4. The molecule has 0 aliphatic heterocycles. The Labute approximate surface area is 101 Å². The minimum Gasteiger partial charge on any atom is -0.211 e. The molecule has 1 aromatic carbocycles. The van der Waals surface area contributed by atoms with E-state index in [9.17, 15) is 9.59 Å². The molecule has 0 heterocycles. The Morgan fingerprint density at radius 3 is 2.06 bits per heavy atom. The average molecular weight is 232 g/mol. The molecule has 0 saturated carbocycles. The van der Waals surface area contributed by atoms with Gasteiger partial charge in [0.15, 0.2) is 0 Å². The smallest absolute Gasteiger partial charge is 0.211 e. The first-order valence-electron chi connectivity index (χ1n) is 5.27. The van der Waals surface area contributed by atoms with E-state index in [4.69, 9.17) is 0 Å². The Hall–Kier alpha value is -2.02. The summed E-state index contributed by atoms with van der Waals surface area (Å²) < 4.78 is 0. The maximum atomic E-state index is 10.00. The molecule has 0 unspecified atom stereocenters. The zero-order valence-electron chi connectivity index (χ0n) is 10.5. The highest BCUT2D eigenvalue weighted by atomic mass is 16.1. The molecule has 0 bridgehead atoms. The van der Waals surface area contributed by atoms with E-state index < -0.39 is 0 Å². The zero-order chi connectivity index (χ0) is 13.3. The van der Waals surface area contributed by atoms with Crippen molar-refractivity contribution in [3.8, 4) is 0 Å². The molecule has 4 heteroatoms. The van der Waals surface area contributed by atoms with Crippen LogP contribution in [0, 0.1) is 12.8 Å². The summed E-state index contributed by atoms with van der Waals surface area (Å²) in [5.74, 6) is 0.833. The number of benzene rings is 1. The Balaban J connectivity index is 0.000000557. The van der Waals surface area contributed by atoms with Crippen molar-refractivity contribution in [1.82, 2.24) is 0 Å². The van der Waals surface area contributed by atoms with Gasteiger partial charge in [-0.3, -0.25) is 0 Å². The Bertz CT molecular complexity index is 452. The maximum Gasteiger partial charge on any atom is 0.240 e. The van der Waals surface area contributed by atoms with E-state index in [1.165, 1.54) is 18.2 Å². The van der Waals surface area contributed by atoms with E-state index in [2.05, 4.69) is 30.8 Å². The molecule has 0 fully saturated rings. The topological polar surface area (TPSA) is 58.9 Å². The summed E-state index contributed by atoms with van der Waals surface area (Å²) in [5, 5.41) is 0. The van der Waals surface area contributed by atoms with Gasteiger partial charge in [0.25, 0.3) is 0 Å². The second-order valence-corrected chi connectivity index (χ2v) is 4.11. The molecule has 0 N–H and O–H groups in total. The molecule has 0 aromatic heterocycles. The standard InChI is InChI=1S/C9H6N2O2.C4H10/c1-7-2-3-8(10-5-12)4-9(7)11-6-13;1-4(2)3/h2-4H,1H3;4H,1-3H3. The fraction of sp³-hybridized carbons (Fsp3) is 0.385. The molecule has 1 aromatic rings. The zero-order valence-corrected chi connectivity index (χ0v) is 10.5. The van der Waals surface area contributed by atoms with Gasteiger partial charge in [0.05, 0.1) is 11.4 Å². The molecule has 0 radical (unpaired) electrons. The van der Waals surface area contributed by atoms with Crippen LogP contribution in [0.1, 0.15) is 26.3 Å². The van der Waals surface area contributed by atoms with Crippen LogP contribution in [0.15, 0.2) is 28.2 Å². The highest BCUT2D eigenvalue weighted by molar-refractivity contribution is 5.61. The van der Waals surface area contributed by atoms with Gasteiger partial charge < -0.3 is 0 Å². The fourth-order valence-corrected chi connectivity index (χ4v) is 0.890. The highest BCUT2D eigenvalue weighted by Crippen LogP contribution is 2.23. The molecule has 4 nitrogen and oxygen atoms in total. The predicted octanol–water partition coefficient (Wildman–Crippen LogP) is 3.59. The van der Waals surface area contributed by atoms with Crippen molar-refractivity contribution < 1.29 is 9.59 Å². The Morgan fingerprint density at radius 1 is 1.06 bits per heavy atom. The molecule has 0 aliphatic carbocycles. The molecule has 0 amide bonds. The van der Waals surface area contributed by atoms with Gasteiger partial charge in [-0.25, -0.2) is 9.59 Å². The van der Waals surface area contributed by atoms with Gasteiger partial charge >= 0.3 is 0 Å². The minimum atomic E-state index is 0.426. The summed E-state index contributed by atoms with van der Waals surface area (Å²) in [4.78, 5) is 26.8. The van der Waals surface area contributed by atoms with E-state index in [-0.39, 0.29) is 0 Å². The SMILES string of the molecule is CC(C)C.Cc1ccc(N=C=O)cc1N=C=O. The molecule has 0 spiro atoms. The predicted molar refractivity (Wildman–Crippen MR) is 67.3 cm³/mol. The molecule has 1 rings (SSSR count). The van der Waals surface area contributed by atoms with E-state index in [0.717, 1.165) is 11.5 Å². The van der Waals surface area contributed by atoms with Crippen LogP contribution in [0.5, 0.6) is 0 Å². The van der Waals surface area contributed by atoms with Crippen LogP contribution in [0.2, 0.25) is 0 Å². The molecule has 0 atom stereocenters. The van der Waals surface area contributed by atoms with Crippen LogP contribution in [-0.4, -0.2) is 12.2 Å². The summed E-state index contributed by atoms with van der Waals surface area (Å²) in [7, 11) is 0. The minimum absolute atomic E-state index is 0.426. The quantitative estimate of drug-likeness (QED) is 0.577.